The van der Waals surface area contributed by atoms with Gasteiger partial charge in [0.05, 0.1) is 15.6 Å². The molecule has 0 N–H and O–H groups in total. The van der Waals surface area contributed by atoms with E-state index in [0.29, 0.717) is 22.7 Å². The predicted octanol–water partition coefficient (Wildman–Crippen LogP) is 6.37. The first kappa shape index (κ1) is 21.8. The van der Waals surface area contributed by atoms with Crippen LogP contribution in [0.25, 0.3) is 22.0 Å². The number of amides is 1. The molecular weight excluding hydrogens is 438 g/mol. The van der Waals surface area contributed by atoms with E-state index in [0.717, 1.165) is 36.9 Å². The van der Waals surface area contributed by atoms with E-state index in [4.69, 9.17) is 27.9 Å². The Morgan fingerprint density at radius 3 is 2.68 bits per heavy atom. The summed E-state index contributed by atoms with van der Waals surface area (Å²) in [6.07, 6.45) is 3.23. The van der Waals surface area contributed by atoms with Crippen molar-refractivity contribution in [2.24, 2.45) is 5.92 Å². The summed E-state index contributed by atoms with van der Waals surface area (Å²) in [6.45, 7) is 5.48. The summed E-state index contributed by atoms with van der Waals surface area (Å²) in [6, 6.07) is 9.69. The van der Waals surface area contributed by atoms with Crippen molar-refractivity contribution in [2.45, 2.75) is 32.8 Å². The molecule has 4 rings (SSSR count). The lowest BCUT2D eigenvalue weighted by Crippen LogP contribution is -2.45. The first-order chi connectivity index (χ1) is 14.8. The van der Waals surface area contributed by atoms with Gasteiger partial charge in [0.25, 0.3) is 5.91 Å². The van der Waals surface area contributed by atoms with Gasteiger partial charge in [-0.3, -0.25) is 9.78 Å². The zero-order valence-electron chi connectivity index (χ0n) is 17.4. The molecule has 3 aromatic rings. The van der Waals surface area contributed by atoms with Crippen molar-refractivity contribution in [3.8, 4) is 16.9 Å². The van der Waals surface area contributed by atoms with Gasteiger partial charge in [0, 0.05) is 36.3 Å². The second-order valence-electron chi connectivity index (χ2n) is 8.07. The summed E-state index contributed by atoms with van der Waals surface area (Å²) in [5.41, 5.74) is 1.96. The van der Waals surface area contributed by atoms with Crippen molar-refractivity contribution >= 4 is 40.0 Å². The summed E-state index contributed by atoms with van der Waals surface area (Å²) in [4.78, 5) is 19.1. The number of carbonyl (C=O) groups is 1. The Morgan fingerprint density at radius 1 is 1.23 bits per heavy atom. The third-order valence-corrected chi connectivity index (χ3v) is 6.22. The van der Waals surface area contributed by atoms with E-state index < -0.39 is 11.9 Å². The number of aromatic nitrogens is 1. The lowest BCUT2D eigenvalue weighted by Gasteiger charge is -2.32. The molecule has 0 bridgehead atoms. The number of hydrogen-bond donors (Lipinski definition) is 0. The number of hydrogen-bond acceptors (Lipinski definition) is 3. The maximum atomic E-state index is 13.6. The van der Waals surface area contributed by atoms with Crippen molar-refractivity contribution in [2.75, 3.05) is 13.1 Å². The molecule has 162 valence electrons. The second kappa shape index (κ2) is 9.01. The molecular formula is C24H23Cl2FN2O2. The Kier molecular flexibility index (Phi) is 6.35. The van der Waals surface area contributed by atoms with Crippen LogP contribution in [0.5, 0.6) is 5.75 Å². The van der Waals surface area contributed by atoms with Crippen LogP contribution in [0.1, 0.15) is 26.7 Å². The van der Waals surface area contributed by atoms with Crippen molar-refractivity contribution in [3.05, 3.63) is 58.5 Å². The molecule has 0 saturated carbocycles. The van der Waals surface area contributed by atoms with Gasteiger partial charge in [-0.1, -0.05) is 30.1 Å². The van der Waals surface area contributed by atoms with Crippen molar-refractivity contribution in [1.82, 2.24) is 9.88 Å². The standard InChI is InChI=1S/C24H23Cl2FN2O2/c1-14-4-3-9-29(13-14)24(30)15(2)31-17-5-6-18-19(7-8-28-22(18)12-17)23-20(25)10-16(27)11-21(23)26/h5-8,10-12,14-15H,3-4,9,13H2,1-2H3/t14-,15+/m0/s1. The molecule has 1 amide bonds. The number of pyridine rings is 1. The summed E-state index contributed by atoms with van der Waals surface area (Å²) >= 11 is 12.6. The van der Waals surface area contributed by atoms with E-state index in [-0.39, 0.29) is 16.0 Å². The highest BCUT2D eigenvalue weighted by Crippen LogP contribution is 2.39. The molecule has 4 nitrogen and oxygen atoms in total. The number of nitrogens with zero attached hydrogens (tertiary/aromatic N) is 2. The van der Waals surface area contributed by atoms with Gasteiger partial charge in [0.15, 0.2) is 6.10 Å². The Balaban J connectivity index is 1.60. The highest BCUT2D eigenvalue weighted by molar-refractivity contribution is 6.39. The molecule has 0 radical (unpaired) electrons. The van der Waals surface area contributed by atoms with Crippen molar-refractivity contribution in [1.29, 1.82) is 0 Å². The maximum Gasteiger partial charge on any atom is 0.263 e. The average molecular weight is 461 g/mol. The lowest BCUT2D eigenvalue weighted by molar-refractivity contribution is -0.139. The molecule has 0 spiro atoms. The van der Waals surface area contributed by atoms with E-state index in [1.807, 2.05) is 11.0 Å². The van der Waals surface area contributed by atoms with Gasteiger partial charge < -0.3 is 9.64 Å². The van der Waals surface area contributed by atoms with Gasteiger partial charge in [-0.05, 0) is 61.6 Å². The van der Waals surface area contributed by atoms with Crippen LogP contribution < -0.4 is 4.74 Å². The van der Waals surface area contributed by atoms with Crippen LogP contribution in [0.4, 0.5) is 4.39 Å². The fourth-order valence-corrected chi connectivity index (χ4v) is 4.78. The summed E-state index contributed by atoms with van der Waals surface area (Å²) in [7, 11) is 0. The van der Waals surface area contributed by atoms with E-state index in [1.54, 1.807) is 31.3 Å². The van der Waals surface area contributed by atoms with Gasteiger partial charge in [0.1, 0.15) is 11.6 Å². The third kappa shape index (κ3) is 4.63. The molecule has 2 atom stereocenters. The Labute approximate surface area is 190 Å². The van der Waals surface area contributed by atoms with Gasteiger partial charge >= 0.3 is 0 Å². The molecule has 1 fully saturated rings. The fraction of sp³-hybridized carbons (Fsp3) is 0.333. The van der Waals surface area contributed by atoms with Gasteiger partial charge in [-0.2, -0.15) is 0 Å². The van der Waals surface area contributed by atoms with E-state index >= 15 is 0 Å². The van der Waals surface area contributed by atoms with Crippen LogP contribution >= 0.6 is 23.2 Å². The first-order valence-corrected chi connectivity index (χ1v) is 11.1. The number of rotatable bonds is 4. The smallest absolute Gasteiger partial charge is 0.263 e. The van der Waals surface area contributed by atoms with Gasteiger partial charge in [-0.15, -0.1) is 0 Å². The zero-order chi connectivity index (χ0) is 22.1. The van der Waals surface area contributed by atoms with Crippen LogP contribution in [-0.4, -0.2) is 35.0 Å². The molecule has 1 aliphatic heterocycles. The minimum absolute atomic E-state index is 0.00164. The van der Waals surface area contributed by atoms with Crippen molar-refractivity contribution in [3.63, 3.8) is 0 Å². The summed E-state index contributed by atoms with van der Waals surface area (Å²) < 4.78 is 19.6. The van der Waals surface area contributed by atoms with E-state index in [9.17, 15) is 9.18 Å². The molecule has 7 heteroatoms. The number of piperidine rings is 1. The minimum Gasteiger partial charge on any atom is -0.481 e. The topological polar surface area (TPSA) is 42.4 Å². The molecule has 1 saturated heterocycles. The van der Waals surface area contributed by atoms with Gasteiger partial charge in [0.2, 0.25) is 0 Å². The molecule has 0 aliphatic carbocycles. The Morgan fingerprint density at radius 2 is 1.97 bits per heavy atom. The molecule has 2 heterocycles. The third-order valence-electron chi connectivity index (χ3n) is 5.62. The lowest BCUT2D eigenvalue weighted by atomic mass is 10.00. The van der Waals surface area contributed by atoms with Gasteiger partial charge in [-0.25, -0.2) is 4.39 Å². The number of fused-ring (bicyclic) bond motifs is 1. The van der Waals surface area contributed by atoms with Crippen LogP contribution in [0.2, 0.25) is 10.0 Å². The highest BCUT2D eigenvalue weighted by atomic mass is 35.5. The zero-order valence-corrected chi connectivity index (χ0v) is 18.9. The molecule has 0 unspecified atom stereocenters. The quantitative estimate of drug-likeness (QED) is 0.453. The molecule has 31 heavy (non-hydrogen) atoms. The predicted molar refractivity (Wildman–Crippen MR) is 122 cm³/mol. The fourth-order valence-electron chi connectivity index (χ4n) is 4.12. The van der Waals surface area contributed by atoms with Crippen molar-refractivity contribution < 1.29 is 13.9 Å². The van der Waals surface area contributed by atoms with Crippen LogP contribution in [-0.2, 0) is 4.79 Å². The molecule has 1 aliphatic rings. The minimum atomic E-state index is -0.591. The SMILES string of the molecule is C[C@H]1CCCN(C(=O)[C@@H](C)Oc2ccc3c(-c4c(Cl)cc(F)cc4Cl)ccnc3c2)C1. The number of ether oxygens (including phenoxy) is 1. The summed E-state index contributed by atoms with van der Waals surface area (Å²) in [5.74, 6) is 0.574. The number of carbonyl (C=O) groups excluding carboxylic acids is 1. The van der Waals surface area contributed by atoms with Crippen LogP contribution in [0.3, 0.4) is 0 Å². The first-order valence-electron chi connectivity index (χ1n) is 10.3. The van der Waals surface area contributed by atoms with E-state index in [2.05, 4.69) is 11.9 Å². The van der Waals surface area contributed by atoms with Crippen LogP contribution in [0.15, 0.2) is 42.6 Å². The number of likely N-dealkylation sites (tertiary alicyclic amines) is 1. The summed E-state index contributed by atoms with van der Waals surface area (Å²) in [5, 5.41) is 1.26. The number of benzene rings is 2. The van der Waals surface area contributed by atoms with Crippen LogP contribution in [0, 0.1) is 11.7 Å². The molecule has 2 aromatic carbocycles. The maximum absolute atomic E-state index is 13.6. The average Bonchev–Trinajstić information content (AvgIpc) is 2.72. The normalized spacial score (nSPS) is 17.6. The largest absolute Gasteiger partial charge is 0.481 e. The number of halogens is 3. The Hall–Kier alpha value is -2.37. The molecule has 1 aromatic heterocycles. The highest BCUT2D eigenvalue weighted by Gasteiger charge is 2.26. The van der Waals surface area contributed by atoms with E-state index in [1.165, 1.54) is 12.1 Å². The second-order valence-corrected chi connectivity index (χ2v) is 8.89. The monoisotopic (exact) mass is 460 g/mol. The Bertz CT molecular complexity index is 1110.